The number of hydrogen-bond acceptors (Lipinski definition) is 2. The number of hydrogen-bond donors (Lipinski definition) is 3. The predicted molar refractivity (Wildman–Crippen MR) is 80.9 cm³/mol. The topological polar surface area (TPSA) is 61.4 Å². The zero-order chi connectivity index (χ0) is 15.4. The van der Waals surface area contributed by atoms with Crippen molar-refractivity contribution in [2.24, 2.45) is 0 Å². The van der Waals surface area contributed by atoms with Gasteiger partial charge >= 0.3 is 6.03 Å². The molecule has 1 atom stereocenters. The Morgan fingerprint density at radius 2 is 1.95 bits per heavy atom. The van der Waals surface area contributed by atoms with Crippen LogP contribution in [0.1, 0.15) is 24.2 Å². The van der Waals surface area contributed by atoms with E-state index in [9.17, 15) is 14.3 Å². The van der Waals surface area contributed by atoms with Crippen LogP contribution in [0.25, 0.3) is 0 Å². The van der Waals surface area contributed by atoms with E-state index in [2.05, 4.69) is 10.6 Å². The molecule has 3 N–H and O–H groups in total. The van der Waals surface area contributed by atoms with Gasteiger partial charge in [-0.05, 0) is 49.2 Å². The standard InChI is InChI=1S/C16H17FN2O2/c1-10-6-7-14(17)15(8-10)19-16(21)18-13-5-3-4-12(9-13)11(2)20/h3-9,11,20H,1-2H3,(H2,18,19,21). The maximum absolute atomic E-state index is 13.6. The number of benzene rings is 2. The third-order valence-electron chi connectivity index (χ3n) is 3.00. The van der Waals surface area contributed by atoms with Gasteiger partial charge in [-0.1, -0.05) is 18.2 Å². The number of aliphatic hydroxyl groups is 1. The van der Waals surface area contributed by atoms with Gasteiger partial charge in [-0.25, -0.2) is 9.18 Å². The van der Waals surface area contributed by atoms with Gasteiger partial charge in [0, 0.05) is 5.69 Å². The van der Waals surface area contributed by atoms with E-state index in [-0.39, 0.29) is 5.69 Å². The van der Waals surface area contributed by atoms with Gasteiger partial charge in [-0.15, -0.1) is 0 Å². The van der Waals surface area contributed by atoms with E-state index in [1.807, 2.05) is 6.92 Å². The Kier molecular flexibility index (Phi) is 4.55. The third-order valence-corrected chi connectivity index (χ3v) is 3.00. The van der Waals surface area contributed by atoms with Crippen LogP contribution >= 0.6 is 0 Å². The van der Waals surface area contributed by atoms with E-state index in [1.165, 1.54) is 6.07 Å². The Morgan fingerprint density at radius 1 is 1.19 bits per heavy atom. The molecule has 110 valence electrons. The molecule has 0 bridgehead atoms. The summed E-state index contributed by atoms with van der Waals surface area (Å²) in [6.45, 7) is 3.45. The summed E-state index contributed by atoms with van der Waals surface area (Å²) >= 11 is 0. The molecule has 2 amide bonds. The second-order valence-electron chi connectivity index (χ2n) is 4.86. The summed E-state index contributed by atoms with van der Waals surface area (Å²) in [5.41, 5.74) is 2.19. The molecule has 0 heterocycles. The smallest absolute Gasteiger partial charge is 0.323 e. The molecule has 5 heteroatoms. The molecule has 0 saturated carbocycles. The minimum atomic E-state index is -0.621. The molecular weight excluding hydrogens is 271 g/mol. The molecule has 0 fully saturated rings. The van der Waals surface area contributed by atoms with Gasteiger partial charge in [0.1, 0.15) is 5.82 Å². The lowest BCUT2D eigenvalue weighted by molar-refractivity contribution is 0.199. The summed E-state index contributed by atoms with van der Waals surface area (Å²) in [6, 6.07) is 10.8. The highest BCUT2D eigenvalue weighted by Gasteiger charge is 2.08. The fourth-order valence-electron chi connectivity index (χ4n) is 1.90. The number of carbonyl (C=O) groups is 1. The number of aliphatic hydroxyl groups excluding tert-OH is 1. The average Bonchev–Trinajstić information content (AvgIpc) is 2.43. The first-order valence-corrected chi connectivity index (χ1v) is 6.58. The van der Waals surface area contributed by atoms with Crippen LogP contribution in [-0.4, -0.2) is 11.1 Å². The second-order valence-corrected chi connectivity index (χ2v) is 4.86. The fraction of sp³-hybridized carbons (Fsp3) is 0.188. The molecule has 21 heavy (non-hydrogen) atoms. The van der Waals surface area contributed by atoms with Crippen LogP contribution in [-0.2, 0) is 0 Å². The molecule has 2 rings (SSSR count). The highest BCUT2D eigenvalue weighted by molar-refractivity contribution is 5.99. The van der Waals surface area contributed by atoms with Crippen molar-refractivity contribution in [1.29, 1.82) is 0 Å². The number of nitrogens with one attached hydrogen (secondary N) is 2. The van der Waals surface area contributed by atoms with E-state index in [0.29, 0.717) is 11.3 Å². The lowest BCUT2D eigenvalue weighted by Crippen LogP contribution is -2.20. The van der Waals surface area contributed by atoms with Crippen LogP contribution in [0, 0.1) is 12.7 Å². The summed E-state index contributed by atoms with van der Waals surface area (Å²) in [5, 5.41) is 14.6. The van der Waals surface area contributed by atoms with Crippen molar-refractivity contribution in [1.82, 2.24) is 0 Å². The fourth-order valence-corrected chi connectivity index (χ4v) is 1.90. The molecule has 2 aromatic carbocycles. The van der Waals surface area contributed by atoms with Crippen molar-refractivity contribution in [2.75, 3.05) is 10.6 Å². The summed E-state index contributed by atoms with van der Waals surface area (Å²) in [6.07, 6.45) is -0.621. The molecule has 0 aromatic heterocycles. The maximum atomic E-state index is 13.6. The van der Waals surface area contributed by atoms with Crippen LogP contribution in [0.2, 0.25) is 0 Å². The Labute approximate surface area is 122 Å². The van der Waals surface area contributed by atoms with Crippen molar-refractivity contribution in [3.05, 3.63) is 59.4 Å². The molecule has 0 radical (unpaired) electrons. The largest absolute Gasteiger partial charge is 0.389 e. The highest BCUT2D eigenvalue weighted by atomic mass is 19.1. The number of amides is 2. The first-order valence-electron chi connectivity index (χ1n) is 6.58. The van der Waals surface area contributed by atoms with Gasteiger partial charge in [0.2, 0.25) is 0 Å². The van der Waals surface area contributed by atoms with Crippen molar-refractivity contribution in [3.63, 3.8) is 0 Å². The van der Waals surface area contributed by atoms with Gasteiger partial charge in [0.05, 0.1) is 11.8 Å². The predicted octanol–water partition coefficient (Wildman–Crippen LogP) is 3.83. The minimum Gasteiger partial charge on any atom is -0.389 e. The van der Waals surface area contributed by atoms with E-state index in [4.69, 9.17) is 0 Å². The van der Waals surface area contributed by atoms with Crippen molar-refractivity contribution in [3.8, 4) is 0 Å². The lowest BCUT2D eigenvalue weighted by atomic mass is 10.1. The van der Waals surface area contributed by atoms with Gasteiger partial charge < -0.3 is 15.7 Å². The molecule has 2 aromatic rings. The third kappa shape index (κ3) is 4.03. The number of aryl methyl sites for hydroxylation is 1. The van der Waals surface area contributed by atoms with E-state index in [1.54, 1.807) is 43.3 Å². The van der Waals surface area contributed by atoms with Crippen molar-refractivity contribution < 1.29 is 14.3 Å². The molecule has 4 nitrogen and oxygen atoms in total. The molecular formula is C16H17FN2O2. The van der Waals surface area contributed by atoms with Crippen LogP contribution in [0.5, 0.6) is 0 Å². The van der Waals surface area contributed by atoms with Gasteiger partial charge in [-0.2, -0.15) is 0 Å². The first kappa shape index (κ1) is 15.0. The zero-order valence-corrected chi connectivity index (χ0v) is 11.9. The SMILES string of the molecule is Cc1ccc(F)c(NC(=O)Nc2cccc(C(C)O)c2)c1. The quantitative estimate of drug-likeness (QED) is 0.803. The van der Waals surface area contributed by atoms with E-state index >= 15 is 0 Å². The Hall–Kier alpha value is -2.40. The average molecular weight is 288 g/mol. The summed E-state index contributed by atoms with van der Waals surface area (Å²) < 4.78 is 13.6. The summed E-state index contributed by atoms with van der Waals surface area (Å²) in [5.74, 6) is -0.492. The van der Waals surface area contributed by atoms with E-state index < -0.39 is 18.0 Å². The Bertz CT molecular complexity index is 656. The van der Waals surface area contributed by atoms with Crippen LogP contribution < -0.4 is 10.6 Å². The normalized spacial score (nSPS) is 11.8. The highest BCUT2D eigenvalue weighted by Crippen LogP contribution is 2.18. The Morgan fingerprint density at radius 3 is 2.67 bits per heavy atom. The lowest BCUT2D eigenvalue weighted by Gasteiger charge is -2.11. The molecule has 0 aliphatic heterocycles. The van der Waals surface area contributed by atoms with Crippen molar-refractivity contribution >= 4 is 17.4 Å². The number of carbonyl (C=O) groups excluding carboxylic acids is 1. The van der Waals surface area contributed by atoms with Crippen LogP contribution in [0.15, 0.2) is 42.5 Å². The molecule has 0 saturated heterocycles. The minimum absolute atomic E-state index is 0.124. The van der Waals surface area contributed by atoms with Crippen LogP contribution in [0.3, 0.4) is 0 Å². The zero-order valence-electron chi connectivity index (χ0n) is 11.9. The molecule has 1 unspecified atom stereocenters. The van der Waals surface area contributed by atoms with Gasteiger partial charge in [0.25, 0.3) is 0 Å². The number of halogens is 1. The Balaban J connectivity index is 2.08. The number of rotatable bonds is 3. The van der Waals surface area contributed by atoms with Crippen molar-refractivity contribution in [2.45, 2.75) is 20.0 Å². The first-order chi connectivity index (χ1) is 9.95. The number of anilines is 2. The van der Waals surface area contributed by atoms with E-state index in [0.717, 1.165) is 5.56 Å². The van der Waals surface area contributed by atoms with Crippen LogP contribution in [0.4, 0.5) is 20.6 Å². The molecule has 0 spiro atoms. The monoisotopic (exact) mass is 288 g/mol. The second kappa shape index (κ2) is 6.37. The van der Waals surface area contributed by atoms with Gasteiger partial charge in [0.15, 0.2) is 0 Å². The number of urea groups is 1. The molecule has 0 aliphatic rings. The molecule has 0 aliphatic carbocycles. The summed E-state index contributed by atoms with van der Waals surface area (Å²) in [4.78, 5) is 11.9. The summed E-state index contributed by atoms with van der Waals surface area (Å²) in [7, 11) is 0. The van der Waals surface area contributed by atoms with Gasteiger partial charge in [-0.3, -0.25) is 0 Å². The maximum Gasteiger partial charge on any atom is 0.323 e.